The highest BCUT2D eigenvalue weighted by Crippen LogP contribution is 2.16. The maximum Gasteiger partial charge on any atom is 0.284 e. The van der Waals surface area contributed by atoms with Crippen LogP contribution in [0, 0.1) is 0 Å². The van der Waals surface area contributed by atoms with Crippen molar-refractivity contribution in [3.05, 3.63) is 40.9 Å². The van der Waals surface area contributed by atoms with Crippen molar-refractivity contribution in [3.8, 4) is 11.4 Å². The molecule has 140 valence electrons. The van der Waals surface area contributed by atoms with E-state index in [0.717, 1.165) is 0 Å². The molecule has 1 aromatic carbocycles. The van der Waals surface area contributed by atoms with Crippen LogP contribution < -0.4 is 10.3 Å². The first kappa shape index (κ1) is 17.2. The largest absolute Gasteiger partial charge is 0.497 e. The molecule has 2 aromatic heterocycles. The Morgan fingerprint density at radius 1 is 1.22 bits per heavy atom. The molecule has 1 aliphatic rings. The average Bonchev–Trinajstić information content (AvgIpc) is 3.15. The van der Waals surface area contributed by atoms with Gasteiger partial charge in [0.1, 0.15) is 18.6 Å². The van der Waals surface area contributed by atoms with E-state index in [2.05, 4.69) is 15.3 Å². The van der Waals surface area contributed by atoms with Crippen LogP contribution in [0.4, 0.5) is 0 Å². The summed E-state index contributed by atoms with van der Waals surface area (Å²) >= 11 is 0. The normalized spacial score (nSPS) is 14.5. The molecule has 1 aliphatic heterocycles. The van der Waals surface area contributed by atoms with Crippen molar-refractivity contribution in [2.24, 2.45) is 0 Å². The maximum absolute atomic E-state index is 12.7. The van der Waals surface area contributed by atoms with Crippen LogP contribution in [0.2, 0.25) is 0 Å². The number of hydrogen-bond acceptors (Lipinski definition) is 7. The van der Waals surface area contributed by atoms with Gasteiger partial charge >= 0.3 is 0 Å². The fraction of sp³-hybridized carbons (Fsp3) is 0.353. The van der Waals surface area contributed by atoms with Crippen LogP contribution in [0.1, 0.15) is 0 Å². The lowest BCUT2D eigenvalue weighted by Crippen LogP contribution is -2.43. The molecule has 3 heterocycles. The van der Waals surface area contributed by atoms with E-state index in [9.17, 15) is 9.59 Å². The van der Waals surface area contributed by atoms with Gasteiger partial charge in [-0.2, -0.15) is 4.68 Å². The molecule has 0 radical (unpaired) electrons. The SMILES string of the molecule is COc1ccc(-n2nnc3c(=O)n(CC(=O)N4CCOCC4)cnc32)cc1. The smallest absolute Gasteiger partial charge is 0.284 e. The van der Waals surface area contributed by atoms with Gasteiger partial charge in [-0.1, -0.05) is 5.21 Å². The molecule has 1 fully saturated rings. The number of benzene rings is 1. The summed E-state index contributed by atoms with van der Waals surface area (Å²) in [6.07, 6.45) is 1.35. The predicted octanol–water partition coefficient (Wildman–Crippen LogP) is -0.155. The van der Waals surface area contributed by atoms with E-state index in [1.54, 1.807) is 36.3 Å². The number of rotatable bonds is 4. The van der Waals surface area contributed by atoms with E-state index >= 15 is 0 Å². The molecule has 10 heteroatoms. The van der Waals surface area contributed by atoms with Crippen molar-refractivity contribution in [3.63, 3.8) is 0 Å². The minimum Gasteiger partial charge on any atom is -0.497 e. The van der Waals surface area contributed by atoms with Gasteiger partial charge in [0.2, 0.25) is 5.91 Å². The third kappa shape index (κ3) is 3.26. The van der Waals surface area contributed by atoms with Crippen LogP contribution in [0.15, 0.2) is 35.4 Å². The van der Waals surface area contributed by atoms with Gasteiger partial charge in [0.15, 0.2) is 11.2 Å². The van der Waals surface area contributed by atoms with E-state index < -0.39 is 5.56 Å². The molecule has 3 aromatic rings. The van der Waals surface area contributed by atoms with Gasteiger partial charge in [-0.3, -0.25) is 14.2 Å². The minimum absolute atomic E-state index is 0.0861. The Morgan fingerprint density at radius 2 is 1.96 bits per heavy atom. The molecule has 0 spiro atoms. The number of methoxy groups -OCH3 is 1. The van der Waals surface area contributed by atoms with Crippen molar-refractivity contribution in [2.75, 3.05) is 33.4 Å². The van der Waals surface area contributed by atoms with Crippen LogP contribution in [-0.2, 0) is 16.1 Å². The van der Waals surface area contributed by atoms with Gasteiger partial charge in [0.25, 0.3) is 5.56 Å². The van der Waals surface area contributed by atoms with E-state index in [1.165, 1.54) is 15.6 Å². The van der Waals surface area contributed by atoms with Gasteiger partial charge in [-0.15, -0.1) is 5.10 Å². The topological polar surface area (TPSA) is 104 Å². The summed E-state index contributed by atoms with van der Waals surface area (Å²) in [7, 11) is 1.59. The lowest BCUT2D eigenvalue weighted by atomic mass is 10.3. The summed E-state index contributed by atoms with van der Waals surface area (Å²) in [6.45, 7) is 1.98. The molecule has 1 saturated heterocycles. The Balaban J connectivity index is 1.63. The minimum atomic E-state index is -0.402. The first-order valence-corrected chi connectivity index (χ1v) is 8.48. The summed E-state index contributed by atoms with van der Waals surface area (Å²) in [5.41, 5.74) is 0.747. The Hall–Kier alpha value is -3.27. The Kier molecular flexibility index (Phi) is 4.55. The lowest BCUT2D eigenvalue weighted by Gasteiger charge is -2.26. The van der Waals surface area contributed by atoms with Crippen molar-refractivity contribution in [1.29, 1.82) is 0 Å². The van der Waals surface area contributed by atoms with E-state index in [0.29, 0.717) is 43.4 Å². The quantitative estimate of drug-likeness (QED) is 0.629. The molecule has 4 rings (SSSR count). The highest BCUT2D eigenvalue weighted by molar-refractivity contribution is 5.77. The van der Waals surface area contributed by atoms with Gasteiger partial charge in [-0.25, -0.2) is 4.98 Å². The molecule has 0 saturated carbocycles. The molecule has 10 nitrogen and oxygen atoms in total. The summed E-state index contributed by atoms with van der Waals surface area (Å²) in [5, 5.41) is 7.99. The molecule has 0 atom stereocenters. The zero-order chi connectivity index (χ0) is 18.8. The van der Waals surface area contributed by atoms with Gasteiger partial charge in [0.05, 0.1) is 26.0 Å². The number of morpholine rings is 1. The Bertz CT molecular complexity index is 1020. The van der Waals surface area contributed by atoms with Crippen LogP contribution in [-0.4, -0.2) is 68.8 Å². The standard InChI is InChI=1S/C17H18N6O4/c1-26-13-4-2-12(3-5-13)23-16-15(19-20-23)17(25)22(11-18-16)10-14(24)21-6-8-27-9-7-21/h2-5,11H,6-10H2,1H3. The number of fused-ring (bicyclic) bond motifs is 1. The third-order valence-electron chi connectivity index (χ3n) is 4.42. The predicted molar refractivity (Wildman–Crippen MR) is 94.9 cm³/mol. The maximum atomic E-state index is 12.7. The zero-order valence-electron chi connectivity index (χ0n) is 14.7. The number of ether oxygens (including phenoxy) is 2. The molecular weight excluding hydrogens is 352 g/mol. The Morgan fingerprint density at radius 3 is 2.67 bits per heavy atom. The number of aromatic nitrogens is 5. The van der Waals surface area contributed by atoms with E-state index in [-0.39, 0.29) is 18.0 Å². The number of amides is 1. The van der Waals surface area contributed by atoms with Gasteiger partial charge in [0, 0.05) is 13.1 Å². The second kappa shape index (κ2) is 7.16. The summed E-state index contributed by atoms with van der Waals surface area (Å²) in [6, 6.07) is 7.15. The molecule has 1 amide bonds. The van der Waals surface area contributed by atoms with Crippen molar-refractivity contribution >= 4 is 17.1 Å². The molecule has 0 unspecified atom stereocenters. The van der Waals surface area contributed by atoms with Crippen LogP contribution in [0.25, 0.3) is 16.9 Å². The van der Waals surface area contributed by atoms with Crippen molar-refractivity contribution in [2.45, 2.75) is 6.54 Å². The third-order valence-corrected chi connectivity index (χ3v) is 4.42. The summed E-state index contributed by atoms with van der Waals surface area (Å²) in [4.78, 5) is 31.0. The summed E-state index contributed by atoms with van der Waals surface area (Å²) in [5.74, 6) is 0.559. The fourth-order valence-corrected chi connectivity index (χ4v) is 2.91. The molecule has 27 heavy (non-hydrogen) atoms. The molecule has 0 N–H and O–H groups in total. The van der Waals surface area contributed by atoms with E-state index in [4.69, 9.17) is 9.47 Å². The number of nitrogens with zero attached hydrogens (tertiary/aromatic N) is 6. The highest BCUT2D eigenvalue weighted by atomic mass is 16.5. The summed E-state index contributed by atoms with van der Waals surface area (Å²) < 4.78 is 13.1. The monoisotopic (exact) mass is 370 g/mol. The van der Waals surface area contributed by atoms with Crippen LogP contribution >= 0.6 is 0 Å². The molecule has 0 aliphatic carbocycles. The van der Waals surface area contributed by atoms with Crippen molar-refractivity contribution in [1.82, 2.24) is 29.4 Å². The van der Waals surface area contributed by atoms with Crippen LogP contribution in [0.5, 0.6) is 5.75 Å². The average molecular weight is 370 g/mol. The van der Waals surface area contributed by atoms with Gasteiger partial charge < -0.3 is 14.4 Å². The second-order valence-corrected chi connectivity index (χ2v) is 6.04. The second-order valence-electron chi connectivity index (χ2n) is 6.04. The first-order chi connectivity index (χ1) is 13.2. The highest BCUT2D eigenvalue weighted by Gasteiger charge is 2.19. The molecule has 0 bridgehead atoms. The Labute approximate surface area is 153 Å². The fourth-order valence-electron chi connectivity index (χ4n) is 2.91. The van der Waals surface area contributed by atoms with E-state index in [1.807, 2.05) is 0 Å². The van der Waals surface area contributed by atoms with Crippen molar-refractivity contribution < 1.29 is 14.3 Å². The van der Waals surface area contributed by atoms with Gasteiger partial charge in [-0.05, 0) is 24.3 Å². The lowest BCUT2D eigenvalue weighted by molar-refractivity contribution is -0.135. The molecular formula is C17H18N6O4. The number of hydrogen-bond donors (Lipinski definition) is 0. The zero-order valence-corrected chi connectivity index (χ0v) is 14.7. The number of carbonyl (C=O) groups excluding carboxylic acids is 1. The number of carbonyl (C=O) groups is 1. The first-order valence-electron chi connectivity index (χ1n) is 8.48. The van der Waals surface area contributed by atoms with Crippen LogP contribution in [0.3, 0.4) is 0 Å².